The predicted octanol–water partition coefficient (Wildman–Crippen LogP) is 3.42. The molecule has 4 nitrogen and oxygen atoms in total. The van der Waals surface area contributed by atoms with Crippen molar-refractivity contribution in [2.24, 2.45) is 15.8 Å². The van der Waals surface area contributed by atoms with Crippen molar-refractivity contribution >= 4 is 5.96 Å². The summed E-state index contributed by atoms with van der Waals surface area (Å²) in [6.07, 6.45) is 12.2. The lowest BCUT2D eigenvalue weighted by atomic mass is 9.68. The number of guanidine groups is 1. The maximum atomic E-state index is 5.36. The summed E-state index contributed by atoms with van der Waals surface area (Å²) in [4.78, 5) is 7.63. The maximum absolute atomic E-state index is 5.36. The van der Waals surface area contributed by atoms with E-state index in [9.17, 15) is 0 Å². The lowest BCUT2D eigenvalue weighted by Crippen LogP contribution is -2.43. The van der Waals surface area contributed by atoms with E-state index in [0.717, 1.165) is 26.1 Å². The van der Waals surface area contributed by atoms with Gasteiger partial charge in [-0.1, -0.05) is 19.3 Å². The number of likely N-dealkylation sites (tertiary alicyclic amines) is 1. The molecule has 0 unspecified atom stereocenters. The van der Waals surface area contributed by atoms with E-state index in [-0.39, 0.29) is 0 Å². The molecule has 0 bridgehead atoms. The zero-order chi connectivity index (χ0) is 16.2. The highest BCUT2D eigenvalue weighted by Crippen LogP contribution is 2.48. The average molecular weight is 322 g/mol. The lowest BCUT2D eigenvalue weighted by molar-refractivity contribution is 0.140. The van der Waals surface area contributed by atoms with E-state index in [1.807, 2.05) is 7.11 Å². The molecule has 0 aromatic heterocycles. The van der Waals surface area contributed by atoms with Crippen molar-refractivity contribution in [2.45, 2.75) is 64.7 Å². The van der Waals surface area contributed by atoms with Crippen LogP contribution in [0.25, 0.3) is 0 Å². The first kappa shape index (κ1) is 17.1. The van der Waals surface area contributed by atoms with E-state index in [0.29, 0.717) is 10.8 Å². The third-order valence-electron chi connectivity index (χ3n) is 6.55. The molecule has 3 aliphatic rings. The van der Waals surface area contributed by atoms with Crippen LogP contribution in [0.3, 0.4) is 0 Å². The van der Waals surface area contributed by atoms with Crippen molar-refractivity contribution < 1.29 is 4.74 Å². The summed E-state index contributed by atoms with van der Waals surface area (Å²) in [6, 6.07) is 0. The highest BCUT2D eigenvalue weighted by Gasteiger charge is 2.43. The molecular weight excluding hydrogens is 286 g/mol. The van der Waals surface area contributed by atoms with Crippen LogP contribution in [-0.2, 0) is 4.74 Å². The number of rotatable bonds is 6. The molecule has 1 N–H and O–H groups in total. The van der Waals surface area contributed by atoms with E-state index < -0.39 is 0 Å². The highest BCUT2D eigenvalue weighted by atomic mass is 16.5. The minimum absolute atomic E-state index is 0.393. The number of ether oxygens (including phenoxy) is 1. The van der Waals surface area contributed by atoms with E-state index >= 15 is 0 Å². The smallest absolute Gasteiger partial charge is 0.193 e. The number of hydrogen-bond acceptors (Lipinski definition) is 2. The Bertz CT molecular complexity index is 411. The fourth-order valence-electron chi connectivity index (χ4n) is 4.80. The van der Waals surface area contributed by atoms with Gasteiger partial charge < -0.3 is 15.0 Å². The van der Waals surface area contributed by atoms with E-state index in [1.54, 1.807) is 0 Å². The molecule has 1 saturated heterocycles. The largest absolute Gasteiger partial charge is 0.385 e. The summed E-state index contributed by atoms with van der Waals surface area (Å²) in [5, 5.41) is 3.55. The second-order valence-electron chi connectivity index (χ2n) is 8.15. The normalized spacial score (nSPS) is 25.8. The summed E-state index contributed by atoms with van der Waals surface area (Å²) in [5.74, 6) is 1.17. The van der Waals surface area contributed by atoms with Crippen LogP contribution in [0.15, 0.2) is 4.99 Å². The number of methoxy groups -OCH3 is 1. The van der Waals surface area contributed by atoms with Gasteiger partial charge in [0.05, 0.1) is 0 Å². The van der Waals surface area contributed by atoms with Crippen molar-refractivity contribution in [1.82, 2.24) is 10.2 Å². The molecule has 132 valence electrons. The Labute approximate surface area is 142 Å². The van der Waals surface area contributed by atoms with Gasteiger partial charge in [0.2, 0.25) is 0 Å². The van der Waals surface area contributed by atoms with Gasteiger partial charge >= 0.3 is 0 Å². The molecule has 3 fully saturated rings. The second kappa shape index (κ2) is 7.42. The van der Waals surface area contributed by atoms with Crippen molar-refractivity contribution in [2.75, 3.05) is 39.9 Å². The molecule has 0 aromatic rings. The van der Waals surface area contributed by atoms with Crippen molar-refractivity contribution in [1.29, 1.82) is 0 Å². The third kappa shape index (κ3) is 3.84. The number of hydrogen-bond donors (Lipinski definition) is 1. The van der Waals surface area contributed by atoms with Crippen LogP contribution in [0.1, 0.15) is 64.7 Å². The molecule has 23 heavy (non-hydrogen) atoms. The van der Waals surface area contributed by atoms with Gasteiger partial charge in [-0.15, -0.1) is 0 Å². The molecule has 0 aromatic carbocycles. The summed E-state index contributed by atoms with van der Waals surface area (Å²) < 4.78 is 5.36. The van der Waals surface area contributed by atoms with Crippen LogP contribution in [0, 0.1) is 10.8 Å². The first-order valence-electron chi connectivity index (χ1n) is 9.73. The quantitative estimate of drug-likeness (QED) is 0.601. The van der Waals surface area contributed by atoms with Gasteiger partial charge in [-0.05, 0) is 56.3 Å². The molecule has 2 saturated carbocycles. The fourth-order valence-corrected chi connectivity index (χ4v) is 4.80. The number of aliphatic imine (C=N–C) groups is 1. The Kier molecular flexibility index (Phi) is 5.50. The van der Waals surface area contributed by atoms with E-state index in [1.165, 1.54) is 70.4 Å². The van der Waals surface area contributed by atoms with Crippen LogP contribution >= 0.6 is 0 Å². The SMILES string of the molecule is CCNC(=NCC1(CCOC)CCCC1)N1CCC2(CCC2)C1. The van der Waals surface area contributed by atoms with Crippen LogP contribution < -0.4 is 5.32 Å². The zero-order valence-corrected chi connectivity index (χ0v) is 15.2. The minimum Gasteiger partial charge on any atom is -0.385 e. The Morgan fingerprint density at radius 1 is 1.13 bits per heavy atom. The Morgan fingerprint density at radius 2 is 1.91 bits per heavy atom. The maximum Gasteiger partial charge on any atom is 0.193 e. The van der Waals surface area contributed by atoms with E-state index in [4.69, 9.17) is 9.73 Å². The molecule has 0 amide bonds. The Morgan fingerprint density at radius 3 is 2.48 bits per heavy atom. The number of nitrogens with zero attached hydrogens (tertiary/aromatic N) is 2. The topological polar surface area (TPSA) is 36.9 Å². The third-order valence-corrected chi connectivity index (χ3v) is 6.55. The van der Waals surface area contributed by atoms with Gasteiger partial charge in [-0.25, -0.2) is 0 Å². The van der Waals surface area contributed by atoms with Crippen molar-refractivity contribution in [3.8, 4) is 0 Å². The molecule has 1 spiro atoms. The molecule has 3 rings (SSSR count). The monoisotopic (exact) mass is 321 g/mol. The van der Waals surface area contributed by atoms with Gasteiger partial charge in [0.25, 0.3) is 0 Å². The first-order chi connectivity index (χ1) is 11.2. The molecule has 0 radical (unpaired) electrons. The fraction of sp³-hybridized carbons (Fsp3) is 0.947. The second-order valence-corrected chi connectivity index (χ2v) is 8.15. The number of nitrogens with one attached hydrogen (secondary N) is 1. The van der Waals surface area contributed by atoms with Gasteiger partial charge in [0, 0.05) is 39.9 Å². The molecule has 0 atom stereocenters. The Balaban J connectivity index is 1.63. The van der Waals surface area contributed by atoms with Gasteiger partial charge in [0.15, 0.2) is 5.96 Å². The summed E-state index contributed by atoms with van der Waals surface area (Å²) in [7, 11) is 1.82. The highest BCUT2D eigenvalue weighted by molar-refractivity contribution is 5.80. The van der Waals surface area contributed by atoms with Crippen LogP contribution in [0.2, 0.25) is 0 Å². The van der Waals surface area contributed by atoms with Crippen LogP contribution in [0.4, 0.5) is 0 Å². The predicted molar refractivity (Wildman–Crippen MR) is 95.8 cm³/mol. The zero-order valence-electron chi connectivity index (χ0n) is 15.2. The average Bonchev–Trinajstić information content (AvgIpc) is 3.17. The Hall–Kier alpha value is -0.770. The summed E-state index contributed by atoms with van der Waals surface area (Å²) >= 11 is 0. The molecule has 4 heteroatoms. The van der Waals surface area contributed by atoms with Gasteiger partial charge in [-0.2, -0.15) is 0 Å². The minimum atomic E-state index is 0.393. The first-order valence-corrected chi connectivity index (χ1v) is 9.73. The van der Waals surface area contributed by atoms with Gasteiger partial charge in [-0.3, -0.25) is 4.99 Å². The van der Waals surface area contributed by atoms with Gasteiger partial charge in [0.1, 0.15) is 0 Å². The van der Waals surface area contributed by atoms with Crippen LogP contribution in [-0.4, -0.2) is 50.8 Å². The molecule has 1 aliphatic heterocycles. The summed E-state index contributed by atoms with van der Waals surface area (Å²) in [5.41, 5.74) is 1.03. The molecule has 1 heterocycles. The van der Waals surface area contributed by atoms with Crippen LogP contribution in [0.5, 0.6) is 0 Å². The molecular formula is C19H35N3O. The lowest BCUT2D eigenvalue weighted by Gasteiger charge is -2.38. The van der Waals surface area contributed by atoms with E-state index in [2.05, 4.69) is 17.1 Å². The standard InChI is InChI=1S/C19H35N3O/c1-3-20-17(22-13-11-19(16-22)9-6-10-19)21-15-18(12-14-23-2)7-4-5-8-18/h3-16H2,1-2H3,(H,20,21). The molecule has 2 aliphatic carbocycles. The van der Waals surface area contributed by atoms with Crippen molar-refractivity contribution in [3.05, 3.63) is 0 Å². The van der Waals surface area contributed by atoms with Crippen molar-refractivity contribution in [3.63, 3.8) is 0 Å². The summed E-state index contributed by atoms with van der Waals surface area (Å²) in [6.45, 7) is 7.41.